The fourth-order valence-electron chi connectivity index (χ4n) is 1.90. The van der Waals surface area contributed by atoms with Crippen LogP contribution in [-0.2, 0) is 20.9 Å². The largest absolute Gasteiger partial charge is 0.454 e. The van der Waals surface area contributed by atoms with Crippen LogP contribution in [0.15, 0.2) is 35.0 Å². The number of anilines is 1. The van der Waals surface area contributed by atoms with E-state index >= 15 is 0 Å². The lowest BCUT2D eigenvalue weighted by atomic mass is 10.3. The third kappa shape index (κ3) is 4.61. The van der Waals surface area contributed by atoms with Gasteiger partial charge in [0.05, 0.1) is 5.02 Å². The Balaban J connectivity index is 1.47. The second-order valence-corrected chi connectivity index (χ2v) is 6.18. The number of nitrogens with one attached hydrogen (secondary N) is 1. The second kappa shape index (κ2) is 8.02. The number of rotatable bonds is 6. The summed E-state index contributed by atoms with van der Waals surface area (Å²) in [7, 11) is 0. The number of carbonyl (C=O) groups excluding carboxylic acids is 2. The lowest BCUT2D eigenvalue weighted by molar-refractivity contribution is -0.148. The molecule has 11 heteroatoms. The Labute approximate surface area is 155 Å². The van der Waals surface area contributed by atoms with Crippen molar-refractivity contribution >= 4 is 40.5 Å². The number of carbonyl (C=O) groups is 2. The molecule has 1 aromatic carbocycles. The standard InChI is InChI=1S/C15H11ClFN5O3S/c16-11-5-10(1-2-12(11)17)18-13(23)7-25-14(24)6-22-20-15(19-21-22)9-3-4-26-8-9/h1-5,8H,6-7H2,(H,18,23). The van der Waals surface area contributed by atoms with Crippen LogP contribution < -0.4 is 5.32 Å². The minimum atomic E-state index is -0.702. The topological polar surface area (TPSA) is 99.0 Å². The summed E-state index contributed by atoms with van der Waals surface area (Å²) in [6.07, 6.45) is 0. The summed E-state index contributed by atoms with van der Waals surface area (Å²) in [4.78, 5) is 24.6. The summed E-state index contributed by atoms with van der Waals surface area (Å²) in [5.74, 6) is -1.50. The number of nitrogens with zero attached hydrogens (tertiary/aromatic N) is 4. The van der Waals surface area contributed by atoms with Gasteiger partial charge in [0.25, 0.3) is 5.91 Å². The summed E-state index contributed by atoms with van der Waals surface area (Å²) < 4.78 is 17.9. The maximum atomic E-state index is 13.1. The first-order valence-corrected chi connectivity index (χ1v) is 8.54. The summed E-state index contributed by atoms with van der Waals surface area (Å²) >= 11 is 7.11. The predicted octanol–water partition coefficient (Wildman–Crippen LogP) is 2.38. The van der Waals surface area contributed by atoms with Gasteiger partial charge in [-0.05, 0) is 34.9 Å². The van der Waals surface area contributed by atoms with E-state index in [4.69, 9.17) is 16.3 Å². The lowest BCUT2D eigenvalue weighted by Gasteiger charge is -2.07. The molecule has 1 amide bonds. The summed E-state index contributed by atoms with van der Waals surface area (Å²) in [5, 5.41) is 17.7. The van der Waals surface area contributed by atoms with E-state index < -0.39 is 24.3 Å². The first kappa shape index (κ1) is 18.0. The first-order valence-electron chi connectivity index (χ1n) is 7.22. The molecule has 2 heterocycles. The number of esters is 1. The molecular weight excluding hydrogens is 385 g/mol. The van der Waals surface area contributed by atoms with E-state index in [1.54, 1.807) is 0 Å². The van der Waals surface area contributed by atoms with Crippen molar-refractivity contribution in [2.75, 3.05) is 11.9 Å². The van der Waals surface area contributed by atoms with Crippen LogP contribution in [-0.4, -0.2) is 38.7 Å². The van der Waals surface area contributed by atoms with Gasteiger partial charge in [-0.1, -0.05) is 11.6 Å². The third-order valence-corrected chi connectivity index (χ3v) is 4.04. The smallest absolute Gasteiger partial charge is 0.330 e. The van der Waals surface area contributed by atoms with Gasteiger partial charge in [-0.3, -0.25) is 4.79 Å². The molecule has 134 valence electrons. The maximum Gasteiger partial charge on any atom is 0.330 e. The number of tetrazole rings is 1. The average molecular weight is 396 g/mol. The van der Waals surface area contributed by atoms with Crippen LogP contribution in [0.1, 0.15) is 0 Å². The lowest BCUT2D eigenvalue weighted by Crippen LogP contribution is -2.23. The van der Waals surface area contributed by atoms with Crippen LogP contribution in [0, 0.1) is 5.82 Å². The Kier molecular flexibility index (Phi) is 5.54. The molecule has 0 aliphatic rings. The SMILES string of the molecule is O=C(COC(=O)Cn1nnc(-c2ccsc2)n1)Nc1ccc(F)c(Cl)c1. The molecule has 0 atom stereocenters. The Hall–Kier alpha value is -2.85. The van der Waals surface area contributed by atoms with Crippen LogP contribution in [0.4, 0.5) is 10.1 Å². The summed E-state index contributed by atoms with van der Waals surface area (Å²) in [6.45, 7) is -0.799. The Bertz CT molecular complexity index is 931. The van der Waals surface area contributed by atoms with Gasteiger partial charge in [0.15, 0.2) is 13.2 Å². The minimum absolute atomic E-state index is 0.126. The van der Waals surface area contributed by atoms with Gasteiger partial charge in [-0.2, -0.15) is 16.1 Å². The Morgan fingerprint density at radius 3 is 2.92 bits per heavy atom. The third-order valence-electron chi connectivity index (χ3n) is 3.07. The molecule has 0 spiro atoms. The number of hydrogen-bond acceptors (Lipinski definition) is 7. The number of amides is 1. The maximum absolute atomic E-state index is 13.1. The van der Waals surface area contributed by atoms with Crippen LogP contribution in [0.2, 0.25) is 5.02 Å². The Morgan fingerprint density at radius 1 is 1.35 bits per heavy atom. The molecule has 0 aliphatic carbocycles. The van der Waals surface area contributed by atoms with Gasteiger partial charge >= 0.3 is 5.97 Å². The predicted molar refractivity (Wildman–Crippen MR) is 92.1 cm³/mol. The Morgan fingerprint density at radius 2 is 2.19 bits per heavy atom. The second-order valence-electron chi connectivity index (χ2n) is 4.99. The molecule has 2 aromatic heterocycles. The van der Waals surface area contributed by atoms with E-state index in [0.29, 0.717) is 5.82 Å². The van der Waals surface area contributed by atoms with Gasteiger partial charge in [0.2, 0.25) is 5.82 Å². The fourth-order valence-corrected chi connectivity index (χ4v) is 2.71. The fraction of sp³-hybridized carbons (Fsp3) is 0.133. The summed E-state index contributed by atoms with van der Waals surface area (Å²) in [5.41, 5.74) is 1.09. The number of ether oxygens (including phenoxy) is 1. The molecule has 0 fully saturated rings. The molecule has 26 heavy (non-hydrogen) atoms. The molecule has 0 unspecified atom stereocenters. The quantitative estimate of drug-likeness (QED) is 0.643. The highest BCUT2D eigenvalue weighted by atomic mass is 35.5. The van der Waals surface area contributed by atoms with E-state index in [9.17, 15) is 14.0 Å². The van der Waals surface area contributed by atoms with Gasteiger partial charge in [0, 0.05) is 16.6 Å². The molecule has 0 bridgehead atoms. The van der Waals surface area contributed by atoms with Crippen molar-refractivity contribution in [3.05, 3.63) is 45.9 Å². The molecule has 0 saturated carbocycles. The summed E-state index contributed by atoms with van der Waals surface area (Å²) in [6, 6.07) is 5.54. The van der Waals surface area contributed by atoms with E-state index in [1.807, 2.05) is 16.8 Å². The van der Waals surface area contributed by atoms with Crippen molar-refractivity contribution in [3.63, 3.8) is 0 Å². The van der Waals surface area contributed by atoms with Crippen molar-refractivity contribution in [2.24, 2.45) is 0 Å². The van der Waals surface area contributed by atoms with Crippen molar-refractivity contribution in [1.82, 2.24) is 20.2 Å². The number of thiophene rings is 1. The van der Waals surface area contributed by atoms with Crippen LogP contribution in [0.5, 0.6) is 0 Å². The average Bonchev–Trinajstić information content (AvgIpc) is 3.28. The zero-order chi connectivity index (χ0) is 18.5. The van der Waals surface area contributed by atoms with E-state index in [2.05, 4.69) is 20.7 Å². The van der Waals surface area contributed by atoms with E-state index in [1.165, 1.54) is 23.5 Å². The van der Waals surface area contributed by atoms with Crippen LogP contribution in [0.3, 0.4) is 0 Å². The monoisotopic (exact) mass is 395 g/mol. The van der Waals surface area contributed by atoms with Crippen LogP contribution in [0.25, 0.3) is 11.4 Å². The number of aromatic nitrogens is 4. The normalized spacial score (nSPS) is 10.5. The van der Waals surface area contributed by atoms with Gasteiger partial charge in [-0.15, -0.1) is 10.2 Å². The minimum Gasteiger partial charge on any atom is -0.454 e. The van der Waals surface area contributed by atoms with Crippen molar-refractivity contribution in [1.29, 1.82) is 0 Å². The molecule has 3 rings (SSSR count). The number of hydrogen-bond donors (Lipinski definition) is 1. The molecule has 0 aliphatic heterocycles. The highest BCUT2D eigenvalue weighted by Crippen LogP contribution is 2.19. The first-order chi connectivity index (χ1) is 12.5. The van der Waals surface area contributed by atoms with Gasteiger partial charge < -0.3 is 10.1 Å². The molecule has 1 N–H and O–H groups in total. The number of halogens is 2. The zero-order valence-corrected chi connectivity index (χ0v) is 14.6. The van der Waals surface area contributed by atoms with Gasteiger partial charge in [0.1, 0.15) is 5.82 Å². The van der Waals surface area contributed by atoms with Crippen molar-refractivity contribution in [3.8, 4) is 11.4 Å². The van der Waals surface area contributed by atoms with Crippen LogP contribution >= 0.6 is 22.9 Å². The zero-order valence-electron chi connectivity index (χ0n) is 13.1. The molecule has 3 aromatic rings. The highest BCUT2D eigenvalue weighted by molar-refractivity contribution is 7.08. The van der Waals surface area contributed by atoms with Crippen molar-refractivity contribution < 1.29 is 18.7 Å². The van der Waals surface area contributed by atoms with Crippen molar-refractivity contribution in [2.45, 2.75) is 6.54 Å². The van der Waals surface area contributed by atoms with E-state index in [0.717, 1.165) is 16.4 Å². The molecule has 8 nitrogen and oxygen atoms in total. The molecule has 0 saturated heterocycles. The molecule has 0 radical (unpaired) electrons. The van der Waals surface area contributed by atoms with Gasteiger partial charge in [-0.25, -0.2) is 9.18 Å². The van der Waals surface area contributed by atoms with E-state index in [-0.39, 0.29) is 17.3 Å². The number of benzene rings is 1. The molecular formula is C15H11ClFN5O3S. The highest BCUT2D eigenvalue weighted by Gasteiger charge is 2.13.